The fraction of sp³-hybridized carbons (Fsp3) is 0.200. The smallest absolute Gasteiger partial charge is 0.312 e. The van der Waals surface area contributed by atoms with Gasteiger partial charge in [-0.05, 0) is 12.1 Å². The second kappa shape index (κ2) is 6.19. The highest BCUT2D eigenvalue weighted by Gasteiger charge is 2.20. The largest absolute Gasteiger partial charge is 0.508 e. The van der Waals surface area contributed by atoms with Crippen LogP contribution in [-0.4, -0.2) is 35.1 Å². The van der Waals surface area contributed by atoms with Gasteiger partial charge in [0.1, 0.15) is 11.3 Å². The molecular weight excluding hydrogens is 256 g/mol. The Morgan fingerprint density at radius 2 is 1.95 bits per heavy atom. The molecule has 5 N–H and O–H groups in total. The van der Waals surface area contributed by atoms with E-state index in [2.05, 4.69) is 10.6 Å². The number of nitro benzene ring substituents is 1. The molecule has 0 atom stereocenters. The molecule has 0 unspecified atom stereocenters. The van der Waals surface area contributed by atoms with Crippen LogP contribution in [0.5, 0.6) is 5.75 Å². The van der Waals surface area contributed by atoms with Gasteiger partial charge in [0, 0.05) is 19.2 Å². The van der Waals surface area contributed by atoms with Crippen LogP contribution in [-0.2, 0) is 0 Å². The Morgan fingerprint density at radius 3 is 2.53 bits per heavy atom. The molecule has 19 heavy (non-hydrogen) atoms. The zero-order chi connectivity index (χ0) is 14.4. The summed E-state index contributed by atoms with van der Waals surface area (Å²) in [5, 5.41) is 24.6. The molecule has 0 saturated carbocycles. The highest BCUT2D eigenvalue weighted by atomic mass is 16.6. The summed E-state index contributed by atoms with van der Waals surface area (Å²) < 4.78 is 0. The van der Waals surface area contributed by atoms with Crippen molar-refractivity contribution in [1.82, 2.24) is 10.6 Å². The number of nitrogens with zero attached hydrogens (tertiary/aromatic N) is 1. The Morgan fingerprint density at radius 1 is 1.32 bits per heavy atom. The van der Waals surface area contributed by atoms with E-state index < -0.39 is 22.5 Å². The molecule has 3 amide bonds. The third kappa shape index (κ3) is 4.15. The molecule has 0 heterocycles. The number of nitrogens with two attached hydrogens (primary N) is 1. The lowest BCUT2D eigenvalue weighted by atomic mass is 10.1. The Hall–Kier alpha value is -2.84. The molecule has 0 spiro atoms. The van der Waals surface area contributed by atoms with Crippen LogP contribution < -0.4 is 16.4 Å². The minimum Gasteiger partial charge on any atom is -0.508 e. The summed E-state index contributed by atoms with van der Waals surface area (Å²) in [6, 6.07) is 2.40. The van der Waals surface area contributed by atoms with E-state index in [0.717, 1.165) is 18.2 Å². The van der Waals surface area contributed by atoms with Crippen LogP contribution in [0.15, 0.2) is 18.2 Å². The Labute approximate surface area is 107 Å². The van der Waals surface area contributed by atoms with E-state index in [4.69, 9.17) is 5.73 Å². The van der Waals surface area contributed by atoms with Gasteiger partial charge in [-0.3, -0.25) is 14.9 Å². The summed E-state index contributed by atoms with van der Waals surface area (Å²) in [4.78, 5) is 32.1. The average molecular weight is 268 g/mol. The van der Waals surface area contributed by atoms with Crippen LogP contribution in [0.2, 0.25) is 0 Å². The quantitative estimate of drug-likeness (QED) is 0.328. The van der Waals surface area contributed by atoms with Gasteiger partial charge in [0.05, 0.1) is 4.92 Å². The first-order chi connectivity index (χ1) is 8.91. The summed E-state index contributed by atoms with van der Waals surface area (Å²) in [6.45, 7) is 0.141. The van der Waals surface area contributed by atoms with Gasteiger partial charge >= 0.3 is 6.03 Å². The number of phenolic OH excluding ortho intramolecular Hbond substituents is 1. The number of nitrogens with one attached hydrogen (secondary N) is 2. The van der Waals surface area contributed by atoms with E-state index in [1.54, 1.807) is 0 Å². The number of aromatic hydroxyl groups is 1. The van der Waals surface area contributed by atoms with Gasteiger partial charge in [0.25, 0.3) is 11.6 Å². The lowest BCUT2D eigenvalue weighted by molar-refractivity contribution is -0.385. The number of primary amides is 1. The van der Waals surface area contributed by atoms with E-state index in [1.165, 1.54) is 0 Å². The third-order valence-corrected chi connectivity index (χ3v) is 2.13. The molecule has 0 fully saturated rings. The molecule has 0 aliphatic carbocycles. The summed E-state index contributed by atoms with van der Waals surface area (Å²) in [5.41, 5.74) is 4.14. The molecule has 1 aromatic carbocycles. The maximum atomic E-state index is 11.7. The van der Waals surface area contributed by atoms with Crippen LogP contribution in [0, 0.1) is 10.1 Å². The number of hydrogen-bond acceptors (Lipinski definition) is 5. The molecule has 1 aromatic rings. The maximum absolute atomic E-state index is 11.7. The minimum atomic E-state index is -0.738. The van der Waals surface area contributed by atoms with Crippen molar-refractivity contribution < 1.29 is 19.6 Å². The number of rotatable bonds is 5. The lowest BCUT2D eigenvalue weighted by Crippen LogP contribution is -2.37. The Kier molecular flexibility index (Phi) is 4.63. The van der Waals surface area contributed by atoms with Crippen molar-refractivity contribution in [2.45, 2.75) is 0 Å². The van der Waals surface area contributed by atoms with E-state index in [-0.39, 0.29) is 24.4 Å². The predicted molar refractivity (Wildman–Crippen MR) is 64.7 cm³/mol. The SMILES string of the molecule is NC(=O)NCCNC(=O)c1cc(O)ccc1[N+](=O)[O-]. The number of urea groups is 1. The predicted octanol–water partition coefficient (Wildman–Crippen LogP) is -0.301. The van der Waals surface area contributed by atoms with Gasteiger partial charge < -0.3 is 21.5 Å². The van der Waals surface area contributed by atoms with Crippen molar-refractivity contribution in [3.8, 4) is 5.75 Å². The van der Waals surface area contributed by atoms with Crippen LogP contribution in [0.3, 0.4) is 0 Å². The fourth-order valence-electron chi connectivity index (χ4n) is 1.32. The van der Waals surface area contributed by atoms with E-state index in [1.807, 2.05) is 0 Å². The molecular formula is C10H12N4O5. The number of carbonyl (C=O) groups is 2. The van der Waals surface area contributed by atoms with Gasteiger partial charge in [-0.1, -0.05) is 0 Å². The summed E-state index contributed by atoms with van der Waals surface area (Å²) in [7, 11) is 0. The molecule has 9 heteroatoms. The second-order valence-corrected chi connectivity index (χ2v) is 3.51. The average Bonchev–Trinajstić information content (AvgIpc) is 2.33. The van der Waals surface area contributed by atoms with E-state index >= 15 is 0 Å². The van der Waals surface area contributed by atoms with Crippen LogP contribution in [0.25, 0.3) is 0 Å². The zero-order valence-electron chi connectivity index (χ0n) is 9.75. The van der Waals surface area contributed by atoms with E-state index in [0.29, 0.717) is 0 Å². The van der Waals surface area contributed by atoms with Gasteiger partial charge in [0.2, 0.25) is 0 Å². The maximum Gasteiger partial charge on any atom is 0.312 e. The third-order valence-electron chi connectivity index (χ3n) is 2.13. The highest BCUT2D eigenvalue weighted by Crippen LogP contribution is 2.22. The molecule has 0 aromatic heterocycles. The number of benzene rings is 1. The first-order valence-corrected chi connectivity index (χ1v) is 5.20. The van der Waals surface area contributed by atoms with Crippen molar-refractivity contribution in [3.63, 3.8) is 0 Å². The fourth-order valence-corrected chi connectivity index (χ4v) is 1.32. The molecule has 0 aliphatic heterocycles. The van der Waals surface area contributed by atoms with Gasteiger partial charge in [-0.25, -0.2) is 4.79 Å². The summed E-state index contributed by atoms with van der Waals surface area (Å²) in [5.74, 6) is -0.986. The molecule has 9 nitrogen and oxygen atoms in total. The van der Waals surface area contributed by atoms with Crippen molar-refractivity contribution >= 4 is 17.6 Å². The Bertz CT molecular complexity index is 517. The van der Waals surface area contributed by atoms with Crippen LogP contribution in [0.4, 0.5) is 10.5 Å². The van der Waals surface area contributed by atoms with Crippen molar-refractivity contribution in [2.75, 3.05) is 13.1 Å². The molecule has 102 valence electrons. The monoisotopic (exact) mass is 268 g/mol. The normalized spacial score (nSPS) is 9.68. The molecule has 0 aliphatic rings. The Balaban J connectivity index is 2.73. The van der Waals surface area contributed by atoms with E-state index in [9.17, 15) is 24.8 Å². The van der Waals surface area contributed by atoms with Crippen LogP contribution >= 0.6 is 0 Å². The number of hydrogen-bond donors (Lipinski definition) is 4. The number of amides is 3. The molecule has 0 saturated heterocycles. The standard InChI is InChI=1S/C10H12N4O5/c11-10(17)13-4-3-12-9(16)7-5-6(15)1-2-8(7)14(18)19/h1-2,5,15H,3-4H2,(H,12,16)(H3,11,13,17). The van der Waals surface area contributed by atoms with Crippen molar-refractivity contribution in [2.24, 2.45) is 5.73 Å². The van der Waals surface area contributed by atoms with Gasteiger partial charge in [-0.15, -0.1) is 0 Å². The van der Waals surface area contributed by atoms with Gasteiger partial charge in [-0.2, -0.15) is 0 Å². The zero-order valence-corrected chi connectivity index (χ0v) is 9.75. The molecule has 0 bridgehead atoms. The summed E-state index contributed by atoms with van der Waals surface area (Å²) >= 11 is 0. The first-order valence-electron chi connectivity index (χ1n) is 5.20. The van der Waals surface area contributed by atoms with Crippen LogP contribution in [0.1, 0.15) is 10.4 Å². The number of phenols is 1. The van der Waals surface area contributed by atoms with Crippen molar-refractivity contribution in [1.29, 1.82) is 0 Å². The molecule has 0 radical (unpaired) electrons. The van der Waals surface area contributed by atoms with Crippen molar-refractivity contribution in [3.05, 3.63) is 33.9 Å². The lowest BCUT2D eigenvalue weighted by Gasteiger charge is -2.06. The second-order valence-electron chi connectivity index (χ2n) is 3.51. The summed E-state index contributed by atoms with van der Waals surface area (Å²) in [6.07, 6.45) is 0. The number of nitro groups is 1. The minimum absolute atomic E-state index is 0.0502. The molecule has 1 rings (SSSR count). The highest BCUT2D eigenvalue weighted by molar-refractivity contribution is 5.98. The van der Waals surface area contributed by atoms with Gasteiger partial charge in [0.15, 0.2) is 0 Å². The first kappa shape index (κ1) is 14.2. The topological polar surface area (TPSA) is 148 Å². The number of carbonyl (C=O) groups excluding carboxylic acids is 2.